The summed E-state index contributed by atoms with van der Waals surface area (Å²) in [6.07, 6.45) is 1.44. The van der Waals surface area contributed by atoms with Crippen LogP contribution in [0.25, 0.3) is 6.08 Å². The number of carbonyl (C=O) groups is 3. The second kappa shape index (κ2) is 9.32. The van der Waals surface area contributed by atoms with E-state index >= 15 is 0 Å². The third-order valence-electron chi connectivity index (χ3n) is 4.11. The van der Waals surface area contributed by atoms with E-state index in [1.165, 1.54) is 13.2 Å². The number of halogens is 1. The van der Waals surface area contributed by atoms with Crippen LogP contribution in [-0.2, 0) is 19.1 Å². The van der Waals surface area contributed by atoms with Crippen molar-refractivity contribution in [1.29, 1.82) is 0 Å². The monoisotopic (exact) mass is 430 g/mol. The number of nitrogens with zero attached hydrogens (tertiary/aromatic N) is 1. The first-order valence-corrected chi connectivity index (χ1v) is 9.40. The fourth-order valence-electron chi connectivity index (χ4n) is 2.75. The minimum Gasteiger partial charge on any atom is -0.493 e. The van der Waals surface area contributed by atoms with Crippen molar-refractivity contribution in [3.8, 4) is 11.5 Å². The lowest BCUT2D eigenvalue weighted by Crippen LogP contribution is -2.35. The van der Waals surface area contributed by atoms with Crippen molar-refractivity contribution >= 4 is 41.1 Å². The zero-order valence-corrected chi connectivity index (χ0v) is 17.1. The number of rotatable bonds is 7. The van der Waals surface area contributed by atoms with Crippen LogP contribution in [0, 0.1) is 0 Å². The van der Waals surface area contributed by atoms with Crippen molar-refractivity contribution < 1.29 is 28.6 Å². The molecule has 0 aliphatic carbocycles. The number of hydrogen-bond acceptors (Lipinski definition) is 6. The van der Waals surface area contributed by atoms with E-state index in [1.54, 1.807) is 49.4 Å². The Morgan fingerprint density at radius 3 is 2.67 bits per heavy atom. The molecular weight excluding hydrogens is 412 g/mol. The largest absolute Gasteiger partial charge is 0.493 e. The van der Waals surface area contributed by atoms with Crippen molar-refractivity contribution in [2.45, 2.75) is 6.92 Å². The van der Waals surface area contributed by atoms with E-state index in [0.717, 1.165) is 5.01 Å². The standard InChI is InChI=1S/C21H19ClN2O6/c1-3-29-19(25)12-30-17-8-7-13(10-18(17)28-2)9-16-20(26)23-24(21(16)27)15-6-4-5-14(22)11-15/h4-11H,3,12H2,1-2H3,(H,23,26)/b16-9+. The molecule has 9 heteroatoms. The maximum Gasteiger partial charge on any atom is 0.344 e. The highest BCUT2D eigenvalue weighted by Crippen LogP contribution is 2.30. The molecule has 1 heterocycles. The van der Waals surface area contributed by atoms with Gasteiger partial charge in [-0.15, -0.1) is 0 Å². The molecule has 2 aromatic rings. The molecule has 0 bridgehead atoms. The second-order valence-electron chi connectivity index (χ2n) is 6.12. The zero-order valence-electron chi connectivity index (χ0n) is 16.3. The summed E-state index contributed by atoms with van der Waals surface area (Å²) in [5.74, 6) is -0.882. The number of hydrazine groups is 1. The molecule has 0 radical (unpaired) electrons. The number of ether oxygens (including phenoxy) is 3. The summed E-state index contributed by atoms with van der Waals surface area (Å²) in [5, 5.41) is 1.57. The highest BCUT2D eigenvalue weighted by atomic mass is 35.5. The Morgan fingerprint density at radius 1 is 1.17 bits per heavy atom. The molecule has 8 nitrogen and oxygen atoms in total. The second-order valence-corrected chi connectivity index (χ2v) is 6.56. The fourth-order valence-corrected chi connectivity index (χ4v) is 2.94. The molecule has 1 fully saturated rings. The van der Waals surface area contributed by atoms with E-state index in [9.17, 15) is 14.4 Å². The fraction of sp³-hybridized carbons (Fsp3) is 0.190. The molecule has 0 unspecified atom stereocenters. The maximum absolute atomic E-state index is 12.7. The highest BCUT2D eigenvalue weighted by Gasteiger charge is 2.34. The molecule has 0 saturated carbocycles. The van der Waals surface area contributed by atoms with E-state index in [0.29, 0.717) is 27.8 Å². The van der Waals surface area contributed by atoms with Gasteiger partial charge in [-0.2, -0.15) is 0 Å². The van der Waals surface area contributed by atoms with Crippen LogP contribution in [0.1, 0.15) is 12.5 Å². The van der Waals surface area contributed by atoms with Gasteiger partial charge >= 0.3 is 5.97 Å². The van der Waals surface area contributed by atoms with Gasteiger partial charge in [0, 0.05) is 5.02 Å². The summed E-state index contributed by atoms with van der Waals surface area (Å²) in [6.45, 7) is 1.70. The average molecular weight is 431 g/mol. The van der Waals surface area contributed by atoms with Crippen molar-refractivity contribution in [3.05, 3.63) is 58.6 Å². The van der Waals surface area contributed by atoms with Gasteiger partial charge in [-0.05, 0) is 48.9 Å². The smallest absolute Gasteiger partial charge is 0.344 e. The van der Waals surface area contributed by atoms with Gasteiger partial charge in [0.1, 0.15) is 5.57 Å². The summed E-state index contributed by atoms with van der Waals surface area (Å²) < 4.78 is 15.5. The first-order valence-electron chi connectivity index (χ1n) is 9.02. The number of hydrogen-bond donors (Lipinski definition) is 1. The van der Waals surface area contributed by atoms with E-state index in [-0.39, 0.29) is 18.8 Å². The lowest BCUT2D eigenvalue weighted by molar-refractivity contribution is -0.145. The molecular formula is C21H19ClN2O6. The Labute approximate surface area is 177 Å². The van der Waals surface area contributed by atoms with Gasteiger partial charge in [0.2, 0.25) is 0 Å². The molecule has 1 aliphatic heterocycles. The van der Waals surface area contributed by atoms with Crippen molar-refractivity contribution in [3.63, 3.8) is 0 Å². The molecule has 3 rings (SSSR count). The molecule has 0 atom stereocenters. The van der Waals surface area contributed by atoms with Gasteiger partial charge in [0.15, 0.2) is 18.1 Å². The minimum atomic E-state index is -0.540. The molecule has 0 spiro atoms. The van der Waals surface area contributed by atoms with Gasteiger partial charge in [-0.25, -0.2) is 9.80 Å². The van der Waals surface area contributed by atoms with Crippen LogP contribution < -0.4 is 19.9 Å². The Hall–Kier alpha value is -3.52. The number of benzene rings is 2. The van der Waals surface area contributed by atoms with Crippen LogP contribution >= 0.6 is 11.6 Å². The number of esters is 1. The van der Waals surface area contributed by atoms with Gasteiger partial charge in [-0.3, -0.25) is 15.0 Å². The van der Waals surface area contributed by atoms with Crippen LogP contribution in [0.5, 0.6) is 11.5 Å². The lowest BCUT2D eigenvalue weighted by atomic mass is 10.1. The van der Waals surface area contributed by atoms with Crippen LogP contribution in [-0.4, -0.2) is 38.1 Å². The molecule has 30 heavy (non-hydrogen) atoms. The van der Waals surface area contributed by atoms with E-state index in [2.05, 4.69) is 5.43 Å². The van der Waals surface area contributed by atoms with Crippen LogP contribution in [0.4, 0.5) is 5.69 Å². The first-order chi connectivity index (χ1) is 14.4. The Bertz CT molecular complexity index is 1020. The van der Waals surface area contributed by atoms with Gasteiger partial charge in [-0.1, -0.05) is 23.7 Å². The van der Waals surface area contributed by atoms with E-state index in [4.69, 9.17) is 25.8 Å². The number of anilines is 1. The van der Waals surface area contributed by atoms with Crippen molar-refractivity contribution in [2.75, 3.05) is 25.3 Å². The maximum atomic E-state index is 12.7. The number of methoxy groups -OCH3 is 1. The molecule has 1 aliphatic rings. The SMILES string of the molecule is CCOC(=O)COc1ccc(/C=C2\C(=O)NN(c3cccc(Cl)c3)C2=O)cc1OC. The first kappa shape index (κ1) is 21.2. The number of carbonyl (C=O) groups excluding carboxylic acids is 3. The summed E-state index contributed by atoms with van der Waals surface area (Å²) >= 11 is 5.96. The molecule has 2 amide bonds. The normalized spacial score (nSPS) is 14.6. The lowest BCUT2D eigenvalue weighted by Gasteiger charge is -2.14. The minimum absolute atomic E-state index is 0.0442. The Kier molecular flexibility index (Phi) is 6.58. The predicted octanol–water partition coefficient (Wildman–Crippen LogP) is 2.75. The zero-order chi connectivity index (χ0) is 21.7. The van der Waals surface area contributed by atoms with Crippen LogP contribution in [0.3, 0.4) is 0 Å². The molecule has 156 valence electrons. The van der Waals surface area contributed by atoms with Crippen molar-refractivity contribution in [2.24, 2.45) is 0 Å². The Morgan fingerprint density at radius 2 is 1.97 bits per heavy atom. The van der Waals surface area contributed by atoms with Gasteiger partial charge in [0.05, 0.1) is 19.4 Å². The summed E-state index contributed by atoms with van der Waals surface area (Å²) in [5.41, 5.74) is 3.46. The third-order valence-corrected chi connectivity index (χ3v) is 4.34. The molecule has 1 saturated heterocycles. The quantitative estimate of drug-likeness (QED) is 0.412. The highest BCUT2D eigenvalue weighted by molar-refractivity contribution is 6.33. The van der Waals surface area contributed by atoms with Crippen molar-refractivity contribution in [1.82, 2.24) is 5.43 Å². The van der Waals surface area contributed by atoms with Gasteiger partial charge < -0.3 is 14.2 Å². The summed E-state index contributed by atoms with van der Waals surface area (Å²) in [6, 6.07) is 11.4. The van der Waals surface area contributed by atoms with Crippen LogP contribution in [0.15, 0.2) is 48.0 Å². The topological polar surface area (TPSA) is 94.2 Å². The summed E-state index contributed by atoms with van der Waals surface area (Å²) in [7, 11) is 1.44. The van der Waals surface area contributed by atoms with E-state index < -0.39 is 17.8 Å². The van der Waals surface area contributed by atoms with Crippen LogP contribution in [0.2, 0.25) is 5.02 Å². The van der Waals surface area contributed by atoms with E-state index in [1.807, 2.05) is 0 Å². The average Bonchev–Trinajstić information content (AvgIpc) is 3.01. The number of amides is 2. The molecule has 1 N–H and O–H groups in total. The third kappa shape index (κ3) is 4.72. The molecule has 2 aromatic carbocycles. The summed E-state index contributed by atoms with van der Waals surface area (Å²) in [4.78, 5) is 36.5. The molecule has 0 aromatic heterocycles. The number of nitrogens with one attached hydrogen (secondary N) is 1. The Balaban J connectivity index is 1.81. The predicted molar refractivity (Wildman–Crippen MR) is 110 cm³/mol. The van der Waals surface area contributed by atoms with Gasteiger partial charge in [0.25, 0.3) is 11.8 Å².